The Balaban J connectivity index is 2.55. The Morgan fingerprint density at radius 2 is 2.15 bits per heavy atom. The Kier molecular flexibility index (Phi) is 3.70. The van der Waals surface area contributed by atoms with E-state index in [0.29, 0.717) is 6.42 Å². The number of aromatic nitrogens is 2. The quantitative estimate of drug-likeness (QED) is 0.681. The molecule has 7 nitrogen and oxygen atoms in total. The second kappa shape index (κ2) is 5.29. The van der Waals surface area contributed by atoms with Crippen LogP contribution in [0, 0.1) is 21.7 Å². The number of nitrogens with two attached hydrogens (primary N) is 1. The van der Waals surface area contributed by atoms with Crippen LogP contribution >= 0.6 is 0 Å². The van der Waals surface area contributed by atoms with Gasteiger partial charge < -0.3 is 10.2 Å². The Morgan fingerprint density at radius 3 is 2.75 bits per heavy atom. The fraction of sp³-hybridized carbons (Fsp3) is 0.273. The highest BCUT2D eigenvalue weighted by Crippen LogP contribution is 2.31. The van der Waals surface area contributed by atoms with Crippen LogP contribution in [0.3, 0.4) is 0 Å². The molecule has 9 heteroatoms. The van der Waals surface area contributed by atoms with E-state index in [1.807, 2.05) is 0 Å². The standard InChI is InChI=1S/C11H10F2N4O3/c1-2-6(14)10-15-16-11(20-10)8-5(12)3-4-7(9(8)13)17(18)19/h3-4,6H,2,14H2,1H3. The molecule has 0 bridgehead atoms. The molecule has 1 atom stereocenters. The van der Waals surface area contributed by atoms with Gasteiger partial charge in [-0.25, -0.2) is 4.39 Å². The van der Waals surface area contributed by atoms with Crippen molar-refractivity contribution < 1.29 is 18.1 Å². The Labute approximate surface area is 111 Å². The van der Waals surface area contributed by atoms with E-state index in [2.05, 4.69) is 10.2 Å². The van der Waals surface area contributed by atoms with Crippen molar-refractivity contribution in [1.82, 2.24) is 10.2 Å². The Hall–Kier alpha value is -2.42. The van der Waals surface area contributed by atoms with E-state index in [0.717, 1.165) is 12.1 Å². The number of rotatable bonds is 4. The van der Waals surface area contributed by atoms with Crippen LogP contribution in [0.2, 0.25) is 0 Å². The molecule has 1 aromatic carbocycles. The summed E-state index contributed by atoms with van der Waals surface area (Å²) in [4.78, 5) is 9.67. The lowest BCUT2D eigenvalue weighted by atomic mass is 10.1. The number of halogens is 2. The van der Waals surface area contributed by atoms with Gasteiger partial charge in [-0.1, -0.05) is 6.92 Å². The van der Waals surface area contributed by atoms with Gasteiger partial charge in [0.25, 0.3) is 5.89 Å². The van der Waals surface area contributed by atoms with Crippen molar-refractivity contribution in [3.63, 3.8) is 0 Å². The minimum atomic E-state index is -1.37. The summed E-state index contributed by atoms with van der Waals surface area (Å²) in [5, 5.41) is 17.7. The van der Waals surface area contributed by atoms with Crippen molar-refractivity contribution in [2.75, 3.05) is 0 Å². The highest BCUT2D eigenvalue weighted by Gasteiger charge is 2.26. The fourth-order valence-corrected chi connectivity index (χ4v) is 1.54. The van der Waals surface area contributed by atoms with Gasteiger partial charge in [0.1, 0.15) is 11.4 Å². The summed E-state index contributed by atoms with van der Waals surface area (Å²) < 4.78 is 32.6. The third-order valence-corrected chi connectivity index (χ3v) is 2.68. The van der Waals surface area contributed by atoms with Crippen molar-refractivity contribution in [2.45, 2.75) is 19.4 Å². The SMILES string of the molecule is CCC(N)c1nnc(-c2c(F)ccc([N+](=O)[O-])c2F)o1. The Bertz CT molecular complexity index is 659. The zero-order valence-electron chi connectivity index (χ0n) is 10.3. The summed E-state index contributed by atoms with van der Waals surface area (Å²) in [6.07, 6.45) is 0.488. The fourth-order valence-electron chi connectivity index (χ4n) is 1.54. The largest absolute Gasteiger partial charge is 0.419 e. The average molecular weight is 284 g/mol. The predicted molar refractivity (Wildman–Crippen MR) is 63.5 cm³/mol. The molecule has 0 saturated heterocycles. The van der Waals surface area contributed by atoms with E-state index < -0.39 is 39.7 Å². The van der Waals surface area contributed by atoms with Gasteiger partial charge in [-0.2, -0.15) is 4.39 Å². The molecule has 0 radical (unpaired) electrons. The van der Waals surface area contributed by atoms with E-state index in [1.165, 1.54) is 0 Å². The minimum Gasteiger partial charge on any atom is -0.419 e. The van der Waals surface area contributed by atoms with Crippen molar-refractivity contribution >= 4 is 5.69 Å². The lowest BCUT2D eigenvalue weighted by molar-refractivity contribution is -0.387. The molecule has 0 fully saturated rings. The van der Waals surface area contributed by atoms with Crippen molar-refractivity contribution in [3.8, 4) is 11.5 Å². The molecule has 2 N–H and O–H groups in total. The van der Waals surface area contributed by atoms with Crippen LogP contribution in [0.4, 0.5) is 14.5 Å². The summed E-state index contributed by atoms with van der Waals surface area (Å²) in [6, 6.07) is 0.921. The average Bonchev–Trinajstić information content (AvgIpc) is 2.87. The smallest absolute Gasteiger partial charge is 0.305 e. The maximum Gasteiger partial charge on any atom is 0.305 e. The normalized spacial score (nSPS) is 12.4. The molecular formula is C11H10F2N4O3. The Morgan fingerprint density at radius 1 is 1.45 bits per heavy atom. The molecule has 2 rings (SSSR count). The predicted octanol–water partition coefficient (Wildman–Crippen LogP) is 2.33. The molecule has 0 aliphatic heterocycles. The summed E-state index contributed by atoms with van der Waals surface area (Å²) in [5.41, 5.74) is 4.04. The maximum atomic E-state index is 13.9. The van der Waals surface area contributed by atoms with Gasteiger partial charge in [0, 0.05) is 6.07 Å². The number of nitrogens with zero attached hydrogens (tertiary/aromatic N) is 3. The monoisotopic (exact) mass is 284 g/mol. The molecule has 2 aromatic rings. The van der Waals surface area contributed by atoms with E-state index in [4.69, 9.17) is 10.2 Å². The highest BCUT2D eigenvalue weighted by molar-refractivity contribution is 5.59. The van der Waals surface area contributed by atoms with Gasteiger partial charge in [0.05, 0.1) is 11.0 Å². The maximum absolute atomic E-state index is 13.9. The van der Waals surface area contributed by atoms with Gasteiger partial charge in [-0.15, -0.1) is 10.2 Å². The number of benzene rings is 1. The van der Waals surface area contributed by atoms with Crippen LogP contribution in [-0.2, 0) is 0 Å². The first-order chi connectivity index (χ1) is 9.45. The van der Waals surface area contributed by atoms with Gasteiger partial charge in [-0.05, 0) is 12.5 Å². The van der Waals surface area contributed by atoms with Crippen LogP contribution in [-0.4, -0.2) is 15.1 Å². The summed E-state index contributed by atoms with van der Waals surface area (Å²) in [7, 11) is 0. The zero-order chi connectivity index (χ0) is 14.9. The zero-order valence-corrected chi connectivity index (χ0v) is 10.3. The first kappa shape index (κ1) is 14.0. The van der Waals surface area contributed by atoms with Crippen LogP contribution in [0.15, 0.2) is 16.5 Å². The molecular weight excluding hydrogens is 274 g/mol. The molecule has 0 saturated carbocycles. The van der Waals surface area contributed by atoms with Gasteiger partial charge in [-0.3, -0.25) is 10.1 Å². The molecule has 1 unspecified atom stereocenters. The molecule has 0 spiro atoms. The number of hydrogen-bond donors (Lipinski definition) is 1. The first-order valence-electron chi connectivity index (χ1n) is 5.67. The number of nitro benzene ring substituents is 1. The summed E-state index contributed by atoms with van der Waals surface area (Å²) >= 11 is 0. The van der Waals surface area contributed by atoms with Gasteiger partial charge in [0.15, 0.2) is 0 Å². The minimum absolute atomic E-state index is 0.00723. The van der Waals surface area contributed by atoms with Gasteiger partial charge in [0.2, 0.25) is 11.7 Å². The van der Waals surface area contributed by atoms with E-state index in [1.54, 1.807) is 6.92 Å². The molecule has 20 heavy (non-hydrogen) atoms. The topological polar surface area (TPSA) is 108 Å². The van der Waals surface area contributed by atoms with E-state index in [-0.39, 0.29) is 5.89 Å². The number of hydrogen-bond acceptors (Lipinski definition) is 6. The van der Waals surface area contributed by atoms with Crippen LogP contribution in [0.25, 0.3) is 11.5 Å². The molecule has 106 valence electrons. The van der Waals surface area contributed by atoms with Crippen molar-refractivity contribution in [1.29, 1.82) is 0 Å². The lowest BCUT2D eigenvalue weighted by Gasteiger charge is -2.02. The molecule has 1 heterocycles. The second-order valence-electron chi connectivity index (χ2n) is 3.97. The molecule has 0 aliphatic rings. The van der Waals surface area contributed by atoms with Crippen LogP contribution in [0.1, 0.15) is 25.3 Å². The van der Waals surface area contributed by atoms with E-state index in [9.17, 15) is 18.9 Å². The lowest BCUT2D eigenvalue weighted by Crippen LogP contribution is -2.08. The first-order valence-corrected chi connectivity index (χ1v) is 5.67. The number of nitro groups is 1. The summed E-state index contributed by atoms with van der Waals surface area (Å²) in [5.74, 6) is -2.88. The third kappa shape index (κ3) is 2.35. The van der Waals surface area contributed by atoms with Crippen LogP contribution in [0.5, 0.6) is 0 Å². The molecule has 1 aromatic heterocycles. The van der Waals surface area contributed by atoms with Gasteiger partial charge >= 0.3 is 5.69 Å². The van der Waals surface area contributed by atoms with Crippen molar-refractivity contribution in [3.05, 3.63) is 39.8 Å². The van der Waals surface area contributed by atoms with Crippen LogP contribution < -0.4 is 5.73 Å². The van der Waals surface area contributed by atoms with Crippen molar-refractivity contribution in [2.24, 2.45) is 5.73 Å². The molecule has 0 aliphatic carbocycles. The molecule has 0 amide bonds. The second-order valence-corrected chi connectivity index (χ2v) is 3.97. The van der Waals surface area contributed by atoms with E-state index >= 15 is 0 Å². The highest BCUT2D eigenvalue weighted by atomic mass is 19.1. The third-order valence-electron chi connectivity index (χ3n) is 2.68. The summed E-state index contributed by atoms with van der Waals surface area (Å²) in [6.45, 7) is 1.77.